The Kier molecular flexibility index (Phi) is 8.27. The third-order valence-electron chi connectivity index (χ3n) is 9.28. The Labute approximate surface area is 259 Å². The van der Waals surface area contributed by atoms with E-state index in [1.54, 1.807) is 18.3 Å². The Morgan fingerprint density at radius 1 is 0.956 bits per heavy atom. The van der Waals surface area contributed by atoms with Crippen LogP contribution < -0.4 is 15.2 Å². The van der Waals surface area contributed by atoms with E-state index in [0.717, 1.165) is 37.7 Å². The number of ether oxygens (including phenoxy) is 3. The van der Waals surface area contributed by atoms with E-state index in [9.17, 15) is 35.1 Å². The molecule has 5 atom stereocenters. The second-order valence-corrected chi connectivity index (χ2v) is 12.0. The number of phenols is 1. The number of aliphatic hydroxyl groups is 4. The number of benzene rings is 2. The number of carbonyl (C=O) groups excluding carboxylic acids is 2. The summed E-state index contributed by atoms with van der Waals surface area (Å²) in [4.78, 5) is 32.3. The monoisotopic (exact) mass is 620 g/mol. The number of nitrogens with zero attached hydrogens (tertiary/aromatic N) is 1. The topological polar surface area (TPSA) is 202 Å². The molecular formula is C33H36N2O10. The number of ketones is 2. The van der Waals surface area contributed by atoms with Crippen LogP contribution >= 0.6 is 0 Å². The Morgan fingerprint density at radius 2 is 1.69 bits per heavy atom. The van der Waals surface area contributed by atoms with Crippen LogP contribution in [0.25, 0.3) is 0 Å². The molecule has 1 aromatic heterocycles. The molecule has 238 valence electrons. The maximum atomic E-state index is 14.0. The summed E-state index contributed by atoms with van der Waals surface area (Å²) >= 11 is 0. The number of hydrogen-bond acceptors (Lipinski definition) is 12. The molecule has 0 amide bonds. The van der Waals surface area contributed by atoms with Gasteiger partial charge in [0.05, 0.1) is 24.8 Å². The first-order valence-corrected chi connectivity index (χ1v) is 14.9. The van der Waals surface area contributed by atoms with Crippen molar-refractivity contribution in [2.45, 2.75) is 74.6 Å². The van der Waals surface area contributed by atoms with Crippen molar-refractivity contribution in [3.05, 3.63) is 76.0 Å². The summed E-state index contributed by atoms with van der Waals surface area (Å²) in [5, 5.41) is 51.7. The maximum Gasteiger partial charge on any atom is 0.229 e. The largest absolute Gasteiger partial charge is 0.507 e. The highest BCUT2D eigenvalue weighted by Crippen LogP contribution is 2.45. The lowest BCUT2D eigenvalue weighted by Gasteiger charge is -2.40. The summed E-state index contributed by atoms with van der Waals surface area (Å²) in [5.41, 5.74) is 6.90. The lowest BCUT2D eigenvalue weighted by molar-refractivity contribution is -0.277. The van der Waals surface area contributed by atoms with E-state index in [4.69, 9.17) is 19.9 Å². The molecule has 2 fully saturated rings. The fourth-order valence-corrected chi connectivity index (χ4v) is 6.88. The summed E-state index contributed by atoms with van der Waals surface area (Å²) in [6.45, 7) is -0.682. The molecule has 2 heterocycles. The summed E-state index contributed by atoms with van der Waals surface area (Å²) in [6, 6.07) is 9.61. The van der Waals surface area contributed by atoms with Crippen LogP contribution in [0.5, 0.6) is 17.2 Å². The minimum Gasteiger partial charge on any atom is -0.507 e. The predicted molar refractivity (Wildman–Crippen MR) is 159 cm³/mol. The third kappa shape index (κ3) is 5.42. The van der Waals surface area contributed by atoms with Gasteiger partial charge in [-0.3, -0.25) is 9.59 Å². The number of phenolic OH excluding ortho intramolecular Hbond substituents is 1. The van der Waals surface area contributed by atoms with Crippen molar-refractivity contribution in [1.29, 1.82) is 0 Å². The van der Waals surface area contributed by atoms with Crippen LogP contribution in [0.1, 0.15) is 75.1 Å². The van der Waals surface area contributed by atoms with Gasteiger partial charge in [0.25, 0.3) is 0 Å². The molecule has 3 aliphatic rings. The SMILES string of the molecule is COc1cc(O[C@@H]2O[C@H](CO)[C@@H](O)[C@H](O)[C@H]2O)c2c(c1)C(=O)c1cc(CC3(c4ccc(N)nc4)CCCCC3)cc(O)c1C2=O. The van der Waals surface area contributed by atoms with E-state index in [-0.39, 0.29) is 44.9 Å². The van der Waals surface area contributed by atoms with E-state index in [1.165, 1.54) is 25.3 Å². The van der Waals surface area contributed by atoms with Gasteiger partial charge in [0.15, 0.2) is 5.78 Å². The van der Waals surface area contributed by atoms with Gasteiger partial charge in [-0.1, -0.05) is 25.3 Å². The Morgan fingerprint density at radius 3 is 2.36 bits per heavy atom. The number of hydrogen-bond donors (Lipinski definition) is 6. The summed E-state index contributed by atoms with van der Waals surface area (Å²) < 4.78 is 16.7. The van der Waals surface area contributed by atoms with Gasteiger partial charge in [0.1, 0.15) is 47.5 Å². The number of fused-ring (bicyclic) bond motifs is 2. The Bertz CT molecular complexity index is 1620. The van der Waals surface area contributed by atoms with Crippen LogP contribution in [-0.2, 0) is 16.6 Å². The van der Waals surface area contributed by atoms with Crippen molar-refractivity contribution in [1.82, 2.24) is 4.98 Å². The van der Waals surface area contributed by atoms with Gasteiger partial charge in [-0.25, -0.2) is 4.98 Å². The van der Waals surface area contributed by atoms with Gasteiger partial charge >= 0.3 is 0 Å². The molecule has 1 saturated carbocycles. The van der Waals surface area contributed by atoms with Crippen LogP contribution in [0.4, 0.5) is 5.82 Å². The van der Waals surface area contributed by atoms with Crippen molar-refractivity contribution < 1.29 is 49.3 Å². The number of aromatic nitrogens is 1. The van der Waals surface area contributed by atoms with Gasteiger partial charge < -0.3 is 45.5 Å². The number of pyridine rings is 1. The molecule has 7 N–H and O–H groups in total. The lowest BCUT2D eigenvalue weighted by Crippen LogP contribution is -2.60. The van der Waals surface area contributed by atoms with Gasteiger partial charge in [-0.15, -0.1) is 0 Å². The van der Waals surface area contributed by atoms with E-state index in [2.05, 4.69) is 4.98 Å². The highest BCUT2D eigenvalue weighted by atomic mass is 16.7. The zero-order valence-corrected chi connectivity index (χ0v) is 24.7. The summed E-state index contributed by atoms with van der Waals surface area (Å²) in [6.07, 6.45) is -0.753. The molecule has 6 rings (SSSR count). The van der Waals surface area contributed by atoms with E-state index in [1.807, 2.05) is 6.07 Å². The van der Waals surface area contributed by atoms with Crippen molar-refractivity contribution >= 4 is 17.4 Å². The first-order chi connectivity index (χ1) is 21.6. The highest BCUT2D eigenvalue weighted by Gasteiger charge is 2.46. The van der Waals surface area contributed by atoms with Crippen molar-refractivity contribution in [2.75, 3.05) is 19.5 Å². The molecule has 12 nitrogen and oxygen atoms in total. The molecule has 1 aliphatic heterocycles. The number of nitrogen functional groups attached to an aromatic ring is 1. The van der Waals surface area contributed by atoms with E-state index >= 15 is 0 Å². The van der Waals surface area contributed by atoms with E-state index in [0.29, 0.717) is 17.8 Å². The third-order valence-corrected chi connectivity index (χ3v) is 9.28. The molecule has 1 saturated heterocycles. The molecule has 0 unspecified atom stereocenters. The number of methoxy groups -OCH3 is 1. The molecule has 2 aliphatic carbocycles. The van der Waals surface area contributed by atoms with E-state index < -0.39 is 48.9 Å². The highest BCUT2D eigenvalue weighted by molar-refractivity contribution is 6.30. The van der Waals surface area contributed by atoms with Gasteiger partial charge in [0.2, 0.25) is 12.1 Å². The minimum absolute atomic E-state index is 0.0379. The lowest BCUT2D eigenvalue weighted by atomic mass is 9.66. The number of carbonyl (C=O) groups is 2. The molecule has 2 aromatic carbocycles. The van der Waals surface area contributed by atoms with Crippen LogP contribution in [0, 0.1) is 0 Å². The Hall–Kier alpha value is -4.07. The molecular weight excluding hydrogens is 584 g/mol. The first kappa shape index (κ1) is 30.9. The normalized spacial score (nSPS) is 25.8. The zero-order chi connectivity index (χ0) is 32.0. The molecule has 12 heteroatoms. The fourth-order valence-electron chi connectivity index (χ4n) is 6.88. The second-order valence-electron chi connectivity index (χ2n) is 12.0. The first-order valence-electron chi connectivity index (χ1n) is 14.9. The predicted octanol–water partition coefficient (Wildman–Crippen LogP) is 1.78. The van der Waals surface area contributed by atoms with Gasteiger partial charge in [-0.2, -0.15) is 0 Å². The fraction of sp³-hybridized carbons (Fsp3) is 0.424. The van der Waals surface area contributed by atoms with Crippen LogP contribution in [0.15, 0.2) is 42.6 Å². The summed E-state index contributed by atoms with van der Waals surface area (Å²) in [7, 11) is 1.36. The number of rotatable bonds is 7. The second kappa shape index (κ2) is 12.0. The molecule has 0 spiro atoms. The zero-order valence-electron chi connectivity index (χ0n) is 24.7. The number of aliphatic hydroxyl groups excluding tert-OH is 4. The number of aromatic hydroxyl groups is 1. The molecule has 0 radical (unpaired) electrons. The average molecular weight is 621 g/mol. The average Bonchev–Trinajstić information content (AvgIpc) is 3.04. The van der Waals surface area contributed by atoms with Crippen LogP contribution in [0.3, 0.4) is 0 Å². The molecule has 0 bridgehead atoms. The Balaban J connectivity index is 1.38. The van der Waals surface area contributed by atoms with Crippen molar-refractivity contribution in [2.24, 2.45) is 0 Å². The van der Waals surface area contributed by atoms with Gasteiger partial charge in [0, 0.05) is 28.8 Å². The smallest absolute Gasteiger partial charge is 0.229 e. The standard InChI is InChI=1S/C33H36N2O10/c1-43-18-11-20-26(22(12-18)44-32-31(42)30(41)28(39)23(15-36)45-32)29(40)25-19(27(20)38)9-16(10-21(25)37)13-33(7-3-2-4-8-33)17-5-6-24(34)35-14-17/h5-6,9-12,14,23,28,30-32,36-37,39,41-42H,2-4,7-8,13,15H2,1H3,(H2,34,35)/t23-,28-,30+,31-,32-/m1/s1. The quantitative estimate of drug-likeness (QED) is 0.175. The van der Waals surface area contributed by atoms with Gasteiger partial charge in [-0.05, 0) is 54.7 Å². The van der Waals surface area contributed by atoms with Crippen LogP contribution in [0.2, 0.25) is 0 Å². The molecule has 3 aromatic rings. The molecule has 45 heavy (non-hydrogen) atoms. The van der Waals surface area contributed by atoms with Crippen molar-refractivity contribution in [3.8, 4) is 17.2 Å². The summed E-state index contributed by atoms with van der Waals surface area (Å²) in [5.74, 6) is -1.22. The van der Waals surface area contributed by atoms with Crippen molar-refractivity contribution in [3.63, 3.8) is 0 Å². The number of anilines is 1. The van der Waals surface area contributed by atoms with Crippen LogP contribution in [-0.4, -0.2) is 86.5 Å². The minimum atomic E-state index is -1.76. The maximum absolute atomic E-state index is 14.0. The number of nitrogens with two attached hydrogens (primary N) is 1.